The van der Waals surface area contributed by atoms with E-state index in [0.29, 0.717) is 0 Å². The highest BCUT2D eigenvalue weighted by atomic mass is 35.5. The van der Waals surface area contributed by atoms with Gasteiger partial charge in [-0.1, -0.05) is 41.9 Å². The molecule has 2 aromatic carbocycles. The summed E-state index contributed by atoms with van der Waals surface area (Å²) in [5, 5.41) is 1.91. The third kappa shape index (κ3) is 1.73. The van der Waals surface area contributed by atoms with Gasteiger partial charge >= 0.3 is 0 Å². The summed E-state index contributed by atoms with van der Waals surface area (Å²) in [5.74, 6) is 0. The van der Waals surface area contributed by atoms with Crippen LogP contribution in [0.15, 0.2) is 48.5 Å². The summed E-state index contributed by atoms with van der Waals surface area (Å²) in [7, 11) is 0. The first-order chi connectivity index (χ1) is 9.31. The molecule has 0 unspecified atom stereocenters. The molecule has 0 amide bonds. The Labute approximate surface area is 116 Å². The van der Waals surface area contributed by atoms with E-state index in [1.165, 1.54) is 22.1 Å². The average Bonchev–Trinajstić information content (AvgIpc) is 2.45. The molecule has 1 nitrogen and oxygen atoms in total. The zero-order valence-corrected chi connectivity index (χ0v) is 11.1. The number of benzene rings is 2. The quantitative estimate of drug-likeness (QED) is 0.576. The molecule has 4 rings (SSSR count). The fraction of sp³-hybridized carbons (Fsp3) is 0.118. The molecule has 19 heavy (non-hydrogen) atoms. The van der Waals surface area contributed by atoms with E-state index in [-0.39, 0.29) is 0 Å². The minimum absolute atomic E-state index is 0.740. The average molecular weight is 266 g/mol. The van der Waals surface area contributed by atoms with Gasteiger partial charge in [0.05, 0.1) is 11.2 Å². The molecule has 0 aliphatic heterocycles. The standard InChI is InChI=1S/C17H12ClN/c18-14-8-7-12-9-13-6-5-11-3-1-2-4-15(11)17(13)19-16(12)10-14/h1-4,7-10H,5-6H2. The van der Waals surface area contributed by atoms with Crippen LogP contribution in [0.2, 0.25) is 5.02 Å². The van der Waals surface area contributed by atoms with Gasteiger partial charge in [-0.2, -0.15) is 0 Å². The molecule has 0 saturated heterocycles. The lowest BCUT2D eigenvalue weighted by Crippen LogP contribution is -2.05. The largest absolute Gasteiger partial charge is 0.247 e. The van der Waals surface area contributed by atoms with E-state index in [0.717, 1.165) is 29.1 Å². The number of aromatic nitrogens is 1. The molecule has 0 radical (unpaired) electrons. The Morgan fingerprint density at radius 2 is 1.74 bits per heavy atom. The molecule has 0 saturated carbocycles. The number of pyridine rings is 1. The van der Waals surface area contributed by atoms with Crippen LogP contribution in [-0.2, 0) is 12.8 Å². The van der Waals surface area contributed by atoms with Gasteiger partial charge in [-0.15, -0.1) is 0 Å². The number of halogens is 1. The van der Waals surface area contributed by atoms with Crippen LogP contribution in [0.25, 0.3) is 22.2 Å². The van der Waals surface area contributed by atoms with Gasteiger partial charge in [-0.25, -0.2) is 4.98 Å². The normalized spacial score (nSPS) is 13.1. The van der Waals surface area contributed by atoms with Crippen LogP contribution >= 0.6 is 11.6 Å². The Morgan fingerprint density at radius 3 is 2.68 bits per heavy atom. The fourth-order valence-corrected chi connectivity index (χ4v) is 3.01. The van der Waals surface area contributed by atoms with E-state index in [4.69, 9.17) is 16.6 Å². The maximum absolute atomic E-state index is 6.06. The van der Waals surface area contributed by atoms with Crippen LogP contribution in [0, 0.1) is 0 Å². The van der Waals surface area contributed by atoms with Gasteiger partial charge in [0.1, 0.15) is 0 Å². The summed E-state index contributed by atoms with van der Waals surface area (Å²) < 4.78 is 0. The number of hydrogen-bond donors (Lipinski definition) is 0. The zero-order chi connectivity index (χ0) is 12.8. The number of rotatable bonds is 0. The lowest BCUT2D eigenvalue weighted by molar-refractivity contribution is 0.933. The van der Waals surface area contributed by atoms with Crippen molar-refractivity contribution in [3.63, 3.8) is 0 Å². The van der Waals surface area contributed by atoms with Crippen molar-refractivity contribution in [2.45, 2.75) is 12.8 Å². The second-order valence-corrected chi connectivity index (χ2v) is 5.43. The number of fused-ring (bicyclic) bond motifs is 4. The van der Waals surface area contributed by atoms with Gasteiger partial charge < -0.3 is 0 Å². The second-order valence-electron chi connectivity index (χ2n) is 4.99. The number of nitrogens with zero attached hydrogens (tertiary/aromatic N) is 1. The van der Waals surface area contributed by atoms with Gasteiger partial charge in [0.25, 0.3) is 0 Å². The summed E-state index contributed by atoms with van der Waals surface area (Å²) in [6, 6.07) is 16.7. The van der Waals surface area contributed by atoms with Gasteiger partial charge in [0, 0.05) is 16.0 Å². The molecular formula is C17H12ClN. The summed E-state index contributed by atoms with van der Waals surface area (Å²) in [6.45, 7) is 0. The molecular weight excluding hydrogens is 254 g/mol. The number of aryl methyl sites for hydroxylation is 2. The Morgan fingerprint density at radius 1 is 0.895 bits per heavy atom. The predicted octanol–water partition coefficient (Wildman–Crippen LogP) is 4.65. The maximum atomic E-state index is 6.06. The van der Waals surface area contributed by atoms with E-state index < -0.39 is 0 Å². The van der Waals surface area contributed by atoms with Crippen molar-refractivity contribution in [3.8, 4) is 11.3 Å². The van der Waals surface area contributed by atoms with Gasteiger partial charge in [0.2, 0.25) is 0 Å². The molecule has 1 heterocycles. The smallest absolute Gasteiger partial charge is 0.0744 e. The minimum Gasteiger partial charge on any atom is -0.247 e. The van der Waals surface area contributed by atoms with E-state index in [9.17, 15) is 0 Å². The topological polar surface area (TPSA) is 12.9 Å². The Hall–Kier alpha value is -1.86. The summed E-state index contributed by atoms with van der Waals surface area (Å²) in [6.07, 6.45) is 2.17. The Kier molecular flexibility index (Phi) is 2.36. The second kappa shape index (κ2) is 4.07. The van der Waals surface area contributed by atoms with Crippen molar-refractivity contribution in [2.75, 3.05) is 0 Å². The third-order valence-corrected chi connectivity index (χ3v) is 4.03. The minimum atomic E-state index is 0.740. The summed E-state index contributed by atoms with van der Waals surface area (Å²) >= 11 is 6.06. The van der Waals surface area contributed by atoms with Crippen molar-refractivity contribution in [1.82, 2.24) is 4.98 Å². The molecule has 0 atom stereocenters. The van der Waals surface area contributed by atoms with Crippen molar-refractivity contribution >= 4 is 22.5 Å². The lowest BCUT2D eigenvalue weighted by Gasteiger charge is -2.19. The first-order valence-corrected chi connectivity index (χ1v) is 6.86. The van der Waals surface area contributed by atoms with Crippen molar-refractivity contribution in [2.24, 2.45) is 0 Å². The monoisotopic (exact) mass is 265 g/mol. The maximum Gasteiger partial charge on any atom is 0.0744 e. The van der Waals surface area contributed by atoms with Crippen molar-refractivity contribution in [1.29, 1.82) is 0 Å². The van der Waals surface area contributed by atoms with Crippen LogP contribution in [0.1, 0.15) is 11.1 Å². The predicted molar refractivity (Wildman–Crippen MR) is 79.6 cm³/mol. The highest BCUT2D eigenvalue weighted by molar-refractivity contribution is 6.31. The molecule has 92 valence electrons. The van der Waals surface area contributed by atoms with E-state index in [1.807, 2.05) is 18.2 Å². The highest BCUT2D eigenvalue weighted by Crippen LogP contribution is 2.34. The molecule has 3 aromatic rings. The third-order valence-electron chi connectivity index (χ3n) is 3.79. The van der Waals surface area contributed by atoms with Crippen LogP contribution in [0.3, 0.4) is 0 Å². The van der Waals surface area contributed by atoms with Crippen molar-refractivity contribution in [3.05, 3.63) is 64.7 Å². The van der Waals surface area contributed by atoms with E-state index in [2.05, 4.69) is 30.3 Å². The highest BCUT2D eigenvalue weighted by Gasteiger charge is 2.17. The van der Waals surface area contributed by atoms with Crippen LogP contribution < -0.4 is 0 Å². The molecule has 1 aliphatic rings. The first-order valence-electron chi connectivity index (χ1n) is 6.49. The summed E-state index contributed by atoms with van der Waals surface area (Å²) in [4.78, 5) is 4.83. The van der Waals surface area contributed by atoms with Crippen LogP contribution in [0.5, 0.6) is 0 Å². The molecule has 0 bridgehead atoms. The van der Waals surface area contributed by atoms with Crippen LogP contribution in [-0.4, -0.2) is 4.98 Å². The number of hydrogen-bond acceptors (Lipinski definition) is 1. The zero-order valence-electron chi connectivity index (χ0n) is 10.4. The fourth-order valence-electron chi connectivity index (χ4n) is 2.85. The summed E-state index contributed by atoms with van der Waals surface area (Å²) in [5.41, 5.74) is 6.10. The van der Waals surface area contributed by atoms with Crippen LogP contribution in [0.4, 0.5) is 0 Å². The molecule has 1 aromatic heterocycles. The molecule has 1 aliphatic carbocycles. The first kappa shape index (κ1) is 11.0. The Bertz CT molecular complexity index is 792. The molecule has 0 spiro atoms. The lowest BCUT2D eigenvalue weighted by atomic mass is 9.88. The van der Waals surface area contributed by atoms with E-state index in [1.54, 1.807) is 0 Å². The SMILES string of the molecule is Clc1ccc2cc3c(nc2c1)-c1ccccc1CC3. The van der Waals surface area contributed by atoms with Gasteiger partial charge in [-0.3, -0.25) is 0 Å². The molecule has 0 fully saturated rings. The van der Waals surface area contributed by atoms with Gasteiger partial charge in [-0.05, 0) is 42.2 Å². The molecule has 0 N–H and O–H groups in total. The van der Waals surface area contributed by atoms with Crippen molar-refractivity contribution < 1.29 is 0 Å². The van der Waals surface area contributed by atoms with Gasteiger partial charge in [0.15, 0.2) is 0 Å². The molecule has 2 heteroatoms. The van der Waals surface area contributed by atoms with E-state index >= 15 is 0 Å². The Balaban J connectivity index is 2.04.